The van der Waals surface area contributed by atoms with Crippen LogP contribution in [0.25, 0.3) is 33.8 Å². The maximum absolute atomic E-state index is 14.1. The summed E-state index contributed by atoms with van der Waals surface area (Å²) < 4.78 is 30.7. The summed E-state index contributed by atoms with van der Waals surface area (Å²) in [6.07, 6.45) is 14.8. The molecule has 0 N–H and O–H groups in total. The second-order valence-corrected chi connectivity index (χ2v) is 11.9. The Morgan fingerprint density at radius 2 is 1.33 bits per heavy atom. The molecule has 48 heavy (non-hydrogen) atoms. The zero-order chi connectivity index (χ0) is 32.2. The molecule has 0 amide bonds. The van der Waals surface area contributed by atoms with Crippen LogP contribution < -0.4 is 0 Å². The Bertz CT molecular complexity index is 2160. The highest BCUT2D eigenvalue weighted by molar-refractivity contribution is 7.98. The number of halogens is 3. The first-order valence-corrected chi connectivity index (χ1v) is 16.7. The van der Waals surface area contributed by atoms with Crippen LogP contribution in [0.15, 0.2) is 90.0 Å². The predicted molar refractivity (Wildman–Crippen MR) is 189 cm³/mol. The van der Waals surface area contributed by atoms with E-state index < -0.39 is 11.6 Å². The van der Waals surface area contributed by atoms with E-state index in [9.17, 15) is 8.78 Å². The molecule has 1 aromatic carbocycles. The molecule has 0 aliphatic carbocycles. The van der Waals surface area contributed by atoms with Crippen molar-refractivity contribution >= 4 is 46.4 Å². The van der Waals surface area contributed by atoms with Gasteiger partial charge in [0.1, 0.15) is 16.8 Å². The second kappa shape index (κ2) is 16.0. The van der Waals surface area contributed by atoms with Gasteiger partial charge in [-0.05, 0) is 54.7 Å². The number of hydrogen-bond donors (Lipinski definition) is 0. The monoisotopic (exact) mass is 706 g/mol. The van der Waals surface area contributed by atoms with E-state index in [2.05, 4.69) is 40.1 Å². The highest BCUT2D eigenvalue weighted by atomic mass is 35.5. The molecule has 0 saturated carbocycles. The quantitative estimate of drug-likeness (QED) is 0.0910. The van der Waals surface area contributed by atoms with Gasteiger partial charge in [-0.1, -0.05) is 63.0 Å². The minimum Gasteiger partial charge on any atom is -0.236 e. The van der Waals surface area contributed by atoms with Crippen molar-refractivity contribution in [2.75, 3.05) is 12.5 Å². The fraction of sp³-hybridized carbons (Fsp3) is 0.212. The van der Waals surface area contributed by atoms with Crippen molar-refractivity contribution in [2.45, 2.75) is 44.4 Å². The van der Waals surface area contributed by atoms with E-state index in [1.165, 1.54) is 35.7 Å². The van der Waals surface area contributed by atoms with Crippen molar-refractivity contribution in [3.63, 3.8) is 0 Å². The molecular formula is C33H33ClF2N10S2. The number of thioether (sulfide) groups is 2. The van der Waals surface area contributed by atoms with Crippen LogP contribution in [-0.2, 0) is 6.42 Å². The summed E-state index contributed by atoms with van der Waals surface area (Å²) in [6, 6.07) is 10.9. The Labute approximate surface area is 290 Å². The smallest absolute Gasteiger partial charge is 0.189 e. The summed E-state index contributed by atoms with van der Waals surface area (Å²) in [7, 11) is 0. The minimum absolute atomic E-state index is 0. The van der Waals surface area contributed by atoms with Crippen LogP contribution in [-0.4, -0.2) is 61.6 Å². The third kappa shape index (κ3) is 7.94. The van der Waals surface area contributed by atoms with Gasteiger partial charge in [-0.25, -0.2) is 47.7 Å². The van der Waals surface area contributed by atoms with Crippen LogP contribution >= 0.6 is 35.1 Å². The summed E-state index contributed by atoms with van der Waals surface area (Å²) >= 11 is 8.86. The number of benzene rings is 1. The zero-order valence-corrected chi connectivity index (χ0v) is 27.1. The van der Waals surface area contributed by atoms with E-state index in [1.54, 1.807) is 46.0 Å². The Morgan fingerprint density at radius 1 is 0.771 bits per heavy atom. The molecule has 248 valence electrons. The van der Waals surface area contributed by atoms with Crippen molar-refractivity contribution in [2.24, 2.45) is 0 Å². The predicted octanol–water partition coefficient (Wildman–Crippen LogP) is 8.37. The van der Waals surface area contributed by atoms with Gasteiger partial charge in [0, 0.05) is 42.6 Å². The van der Waals surface area contributed by atoms with Crippen LogP contribution in [0.2, 0.25) is 5.15 Å². The molecular weight excluding hydrogens is 674 g/mol. The van der Waals surface area contributed by atoms with Crippen molar-refractivity contribution in [1.82, 2.24) is 49.1 Å². The Balaban J connectivity index is 0.000000226. The first-order valence-electron chi connectivity index (χ1n) is 13.9. The Kier molecular flexibility index (Phi) is 12.1. The highest BCUT2D eigenvalue weighted by Crippen LogP contribution is 2.28. The lowest BCUT2D eigenvalue weighted by molar-refractivity contribution is 0.557. The lowest BCUT2D eigenvalue weighted by atomic mass is 9.95. The third-order valence-electron chi connectivity index (χ3n) is 6.92. The maximum atomic E-state index is 14.1. The van der Waals surface area contributed by atoms with Crippen molar-refractivity contribution < 1.29 is 8.78 Å². The van der Waals surface area contributed by atoms with Gasteiger partial charge in [-0.3, -0.25) is 0 Å². The summed E-state index contributed by atoms with van der Waals surface area (Å²) in [5.41, 5.74) is 5.79. The number of fused-ring (bicyclic) bond motifs is 2. The molecule has 7 rings (SSSR count). The van der Waals surface area contributed by atoms with E-state index in [1.807, 2.05) is 44.0 Å². The topological polar surface area (TPSA) is 112 Å². The highest BCUT2D eigenvalue weighted by Gasteiger charge is 2.17. The average molecular weight is 707 g/mol. The van der Waals surface area contributed by atoms with Crippen molar-refractivity contribution in [3.8, 4) is 22.5 Å². The molecule has 1 atom stereocenters. The lowest BCUT2D eigenvalue weighted by Gasteiger charge is -2.14. The number of nitrogens with zero attached hydrogens (tertiary/aromatic N) is 10. The molecule has 0 radical (unpaired) electrons. The Hall–Kier alpha value is -4.53. The molecule has 0 bridgehead atoms. The molecule has 7 aromatic rings. The molecule has 0 aliphatic rings. The number of rotatable bonds is 7. The van der Waals surface area contributed by atoms with Gasteiger partial charge >= 0.3 is 0 Å². The third-order valence-corrected chi connectivity index (χ3v) is 8.21. The molecule has 15 heteroatoms. The van der Waals surface area contributed by atoms with Gasteiger partial charge in [0.25, 0.3) is 0 Å². The van der Waals surface area contributed by atoms with Crippen LogP contribution in [0, 0.1) is 11.6 Å². The average Bonchev–Trinajstić information content (AvgIpc) is 3.69. The molecule has 10 nitrogen and oxygen atoms in total. The van der Waals surface area contributed by atoms with Crippen LogP contribution in [0.4, 0.5) is 8.78 Å². The van der Waals surface area contributed by atoms with E-state index in [0.29, 0.717) is 33.1 Å². The lowest BCUT2D eigenvalue weighted by Crippen LogP contribution is -2.05. The molecule has 0 saturated heterocycles. The van der Waals surface area contributed by atoms with E-state index in [-0.39, 0.29) is 20.8 Å². The maximum Gasteiger partial charge on any atom is 0.189 e. The van der Waals surface area contributed by atoms with E-state index in [0.717, 1.165) is 39.9 Å². The molecule has 6 aromatic heterocycles. The van der Waals surface area contributed by atoms with Gasteiger partial charge in [-0.15, -0.1) is 0 Å². The summed E-state index contributed by atoms with van der Waals surface area (Å²) in [5, 5.41) is 10.2. The van der Waals surface area contributed by atoms with Crippen LogP contribution in [0.5, 0.6) is 0 Å². The van der Waals surface area contributed by atoms with Gasteiger partial charge in [0.15, 0.2) is 21.6 Å². The molecule has 0 fully saturated rings. The van der Waals surface area contributed by atoms with Gasteiger partial charge < -0.3 is 0 Å². The first kappa shape index (κ1) is 36.3. The van der Waals surface area contributed by atoms with Gasteiger partial charge in [-0.2, -0.15) is 10.2 Å². The number of hydrogen-bond acceptors (Lipinski definition) is 10. The molecule has 0 spiro atoms. The number of aromatic nitrogens is 10. The molecule has 0 aliphatic heterocycles. The van der Waals surface area contributed by atoms with Crippen LogP contribution in [0.1, 0.15) is 39.0 Å². The summed E-state index contributed by atoms with van der Waals surface area (Å²) in [6.45, 7) is 1.90. The fourth-order valence-electron chi connectivity index (χ4n) is 4.77. The summed E-state index contributed by atoms with van der Waals surface area (Å²) in [5.74, 6) is -1.29. The standard InChI is InChI=1S/C20H17F2N5S.C11H8ClN5S.2CH4/c1-12(15-5-4-13(21)9-17(15)22)8-14-10-18(26-20(25-14)28-2)16-11-24-27-7-3-6-23-19(16)27;1-18-11-15-8(5-9(12)16-11)7-6-14-17-4-2-3-13-10(7)17;;/h3-7,9-12H,8H2,1-2H3;2-6H,1H3;2*1H4/t12-;;;/m1.../s1. The summed E-state index contributed by atoms with van der Waals surface area (Å²) in [4.78, 5) is 26.4. The second-order valence-electron chi connectivity index (χ2n) is 9.96. The van der Waals surface area contributed by atoms with Crippen molar-refractivity contribution in [3.05, 3.63) is 108 Å². The zero-order valence-electron chi connectivity index (χ0n) is 24.7. The van der Waals surface area contributed by atoms with Crippen molar-refractivity contribution in [1.29, 1.82) is 0 Å². The molecule has 6 heterocycles. The van der Waals surface area contributed by atoms with E-state index >= 15 is 0 Å². The van der Waals surface area contributed by atoms with Gasteiger partial charge in [0.2, 0.25) is 0 Å². The fourth-order valence-corrected chi connectivity index (χ4v) is 5.78. The normalized spacial score (nSPS) is 11.4. The van der Waals surface area contributed by atoms with Gasteiger partial charge in [0.05, 0.1) is 34.9 Å². The Morgan fingerprint density at radius 3 is 1.90 bits per heavy atom. The SMILES string of the molecule is C.C.CSc1nc(C[C@@H](C)c2ccc(F)cc2F)cc(-c2cnn3cccnc23)n1.CSc1nc(Cl)cc(-c2cnn3cccnc23)n1. The molecule has 0 unspecified atom stereocenters. The van der Waals surface area contributed by atoms with E-state index in [4.69, 9.17) is 11.6 Å². The minimum atomic E-state index is -0.581. The van der Waals surface area contributed by atoms with Crippen LogP contribution in [0.3, 0.4) is 0 Å². The first-order chi connectivity index (χ1) is 22.3. The largest absolute Gasteiger partial charge is 0.236 e.